The van der Waals surface area contributed by atoms with Crippen LogP contribution in [0.4, 0.5) is 0 Å². The molecule has 100 valence electrons. The Hall–Kier alpha value is -0.720. The second kappa shape index (κ2) is 9.32. The summed E-state index contributed by atoms with van der Waals surface area (Å²) in [6.45, 7) is 5.97. The van der Waals surface area contributed by atoms with E-state index in [1.165, 1.54) is 0 Å². The highest BCUT2D eigenvalue weighted by molar-refractivity contribution is 7.80. The van der Waals surface area contributed by atoms with Crippen LogP contribution in [0.15, 0.2) is 0 Å². The first-order valence-electron chi connectivity index (χ1n) is 5.66. The minimum absolute atomic E-state index is 0.0212. The van der Waals surface area contributed by atoms with Crippen LogP contribution in [0.1, 0.15) is 13.8 Å². The van der Waals surface area contributed by atoms with Gasteiger partial charge in [-0.05, 0) is 6.92 Å². The number of nitrogens with two attached hydrogens (primary N) is 1. The number of rotatable bonds is 9. The van der Waals surface area contributed by atoms with E-state index in [0.29, 0.717) is 31.3 Å². The van der Waals surface area contributed by atoms with Gasteiger partial charge in [-0.2, -0.15) is 0 Å². The first-order chi connectivity index (χ1) is 8.02. The molecule has 0 saturated heterocycles. The quantitative estimate of drug-likeness (QED) is 0.482. The van der Waals surface area contributed by atoms with Crippen LogP contribution in [-0.4, -0.2) is 55.8 Å². The first-order valence-corrected chi connectivity index (χ1v) is 6.07. The summed E-state index contributed by atoms with van der Waals surface area (Å²) in [4.78, 5) is 13.9. The lowest BCUT2D eigenvalue weighted by Gasteiger charge is -2.24. The molecule has 0 aliphatic rings. The van der Waals surface area contributed by atoms with Crippen molar-refractivity contribution < 1.29 is 14.3 Å². The lowest BCUT2D eigenvalue weighted by molar-refractivity contribution is -0.136. The van der Waals surface area contributed by atoms with Gasteiger partial charge in [0.1, 0.15) is 6.61 Å². The number of nitrogens with zero attached hydrogens (tertiary/aromatic N) is 1. The second-order valence-corrected chi connectivity index (χ2v) is 4.25. The molecule has 1 unspecified atom stereocenters. The zero-order valence-corrected chi connectivity index (χ0v) is 11.6. The van der Waals surface area contributed by atoms with Gasteiger partial charge in [0.15, 0.2) is 0 Å². The van der Waals surface area contributed by atoms with Crippen LogP contribution in [-0.2, 0) is 14.3 Å². The molecule has 2 N–H and O–H groups in total. The maximum absolute atomic E-state index is 11.8. The van der Waals surface area contributed by atoms with Gasteiger partial charge >= 0.3 is 0 Å². The summed E-state index contributed by atoms with van der Waals surface area (Å²) >= 11 is 4.89. The Morgan fingerprint density at radius 1 is 1.47 bits per heavy atom. The van der Waals surface area contributed by atoms with Crippen molar-refractivity contribution in [1.82, 2.24) is 4.90 Å². The van der Waals surface area contributed by atoms with E-state index in [1.807, 2.05) is 13.8 Å². The number of amides is 1. The van der Waals surface area contributed by atoms with E-state index >= 15 is 0 Å². The molecule has 0 bridgehead atoms. The van der Waals surface area contributed by atoms with E-state index in [0.717, 1.165) is 0 Å². The van der Waals surface area contributed by atoms with Crippen molar-refractivity contribution in [2.45, 2.75) is 13.8 Å². The number of thiocarbonyl (C=S) groups is 1. The minimum Gasteiger partial charge on any atom is -0.393 e. The lowest BCUT2D eigenvalue weighted by atomic mass is 10.1. The van der Waals surface area contributed by atoms with Crippen molar-refractivity contribution in [2.24, 2.45) is 11.7 Å². The second-order valence-electron chi connectivity index (χ2n) is 3.78. The molecule has 0 fully saturated rings. The van der Waals surface area contributed by atoms with Gasteiger partial charge in [-0.15, -0.1) is 0 Å². The van der Waals surface area contributed by atoms with Crippen molar-refractivity contribution >= 4 is 23.1 Å². The third-order valence-electron chi connectivity index (χ3n) is 2.37. The van der Waals surface area contributed by atoms with E-state index in [1.54, 1.807) is 12.0 Å². The molecule has 0 aliphatic heterocycles. The van der Waals surface area contributed by atoms with Gasteiger partial charge in [0, 0.05) is 26.1 Å². The predicted octanol–water partition coefficient (Wildman–Crippen LogP) is 0.420. The molecule has 1 atom stereocenters. The number of ether oxygens (including phenoxy) is 2. The monoisotopic (exact) mass is 262 g/mol. The SMILES string of the molecule is CCN(CC(C)C(N)=S)C(=O)COCCOC. The van der Waals surface area contributed by atoms with Gasteiger partial charge in [0.05, 0.1) is 18.2 Å². The Kier molecular flexibility index (Phi) is 8.93. The number of carbonyl (C=O) groups is 1. The average molecular weight is 262 g/mol. The van der Waals surface area contributed by atoms with Gasteiger partial charge in [-0.3, -0.25) is 4.79 Å². The molecule has 0 spiro atoms. The highest BCUT2D eigenvalue weighted by atomic mass is 32.1. The molecule has 0 aromatic rings. The highest BCUT2D eigenvalue weighted by Crippen LogP contribution is 2.01. The summed E-state index contributed by atoms with van der Waals surface area (Å²) in [7, 11) is 1.59. The Labute approximate surface area is 108 Å². The number of hydrogen-bond donors (Lipinski definition) is 1. The fourth-order valence-electron chi connectivity index (χ4n) is 1.22. The summed E-state index contributed by atoms with van der Waals surface area (Å²) in [6.07, 6.45) is 0. The van der Waals surface area contributed by atoms with Crippen LogP contribution in [0, 0.1) is 5.92 Å². The van der Waals surface area contributed by atoms with Crippen LogP contribution in [0.3, 0.4) is 0 Å². The lowest BCUT2D eigenvalue weighted by Crippen LogP contribution is -2.40. The largest absolute Gasteiger partial charge is 0.393 e. The number of likely N-dealkylation sites (N-methyl/N-ethyl adjacent to an activating group) is 1. The standard InChI is InChI=1S/C11H22N2O3S/c1-4-13(7-9(2)11(12)17)10(14)8-16-6-5-15-3/h9H,4-8H2,1-3H3,(H2,12,17). The Morgan fingerprint density at radius 2 is 2.12 bits per heavy atom. The fraction of sp³-hybridized carbons (Fsp3) is 0.818. The van der Waals surface area contributed by atoms with E-state index in [4.69, 9.17) is 27.4 Å². The zero-order chi connectivity index (χ0) is 13.3. The van der Waals surface area contributed by atoms with E-state index < -0.39 is 0 Å². The van der Waals surface area contributed by atoms with Crippen LogP contribution in [0.5, 0.6) is 0 Å². The fourth-order valence-corrected chi connectivity index (χ4v) is 1.30. The Bertz CT molecular complexity index is 249. The molecule has 0 aliphatic carbocycles. The molecule has 0 heterocycles. The number of methoxy groups -OCH3 is 1. The van der Waals surface area contributed by atoms with Gasteiger partial charge < -0.3 is 20.1 Å². The van der Waals surface area contributed by atoms with Crippen molar-refractivity contribution in [3.63, 3.8) is 0 Å². The Balaban J connectivity index is 3.99. The third kappa shape index (κ3) is 7.25. The molecular formula is C11H22N2O3S. The minimum atomic E-state index is -0.0493. The van der Waals surface area contributed by atoms with Crippen molar-refractivity contribution in [3.05, 3.63) is 0 Å². The zero-order valence-electron chi connectivity index (χ0n) is 10.8. The Morgan fingerprint density at radius 3 is 2.59 bits per heavy atom. The molecular weight excluding hydrogens is 240 g/mol. The molecule has 17 heavy (non-hydrogen) atoms. The molecule has 0 radical (unpaired) electrons. The van der Waals surface area contributed by atoms with Crippen molar-refractivity contribution in [1.29, 1.82) is 0 Å². The predicted molar refractivity (Wildman–Crippen MR) is 70.9 cm³/mol. The van der Waals surface area contributed by atoms with Gasteiger partial charge in [-0.25, -0.2) is 0 Å². The molecule has 0 aromatic carbocycles. The highest BCUT2D eigenvalue weighted by Gasteiger charge is 2.16. The van der Waals surface area contributed by atoms with Crippen LogP contribution < -0.4 is 5.73 Å². The van der Waals surface area contributed by atoms with Crippen LogP contribution in [0.25, 0.3) is 0 Å². The van der Waals surface area contributed by atoms with E-state index in [-0.39, 0.29) is 18.4 Å². The molecule has 1 amide bonds. The van der Waals surface area contributed by atoms with Gasteiger partial charge in [-0.1, -0.05) is 19.1 Å². The number of carbonyl (C=O) groups excluding carboxylic acids is 1. The smallest absolute Gasteiger partial charge is 0.248 e. The van der Waals surface area contributed by atoms with Crippen LogP contribution >= 0.6 is 12.2 Å². The number of hydrogen-bond acceptors (Lipinski definition) is 4. The average Bonchev–Trinajstić information content (AvgIpc) is 2.30. The van der Waals surface area contributed by atoms with Crippen molar-refractivity contribution in [2.75, 3.05) is 40.0 Å². The van der Waals surface area contributed by atoms with Crippen molar-refractivity contribution in [3.8, 4) is 0 Å². The summed E-state index contributed by atoms with van der Waals surface area (Å²) in [5.41, 5.74) is 5.52. The van der Waals surface area contributed by atoms with Gasteiger partial charge in [0.25, 0.3) is 0 Å². The normalized spacial score (nSPS) is 12.2. The summed E-state index contributed by atoms with van der Waals surface area (Å²) < 4.78 is 10.0. The van der Waals surface area contributed by atoms with Gasteiger partial charge in [0.2, 0.25) is 5.91 Å². The summed E-state index contributed by atoms with van der Waals surface area (Å²) in [5, 5.41) is 0. The maximum atomic E-state index is 11.8. The topological polar surface area (TPSA) is 64.8 Å². The van der Waals surface area contributed by atoms with E-state index in [9.17, 15) is 4.79 Å². The first kappa shape index (κ1) is 16.3. The molecule has 0 aromatic heterocycles. The molecule has 5 nitrogen and oxygen atoms in total. The van der Waals surface area contributed by atoms with E-state index in [2.05, 4.69) is 0 Å². The summed E-state index contributed by atoms with van der Waals surface area (Å²) in [6, 6.07) is 0. The van der Waals surface area contributed by atoms with Crippen LogP contribution in [0.2, 0.25) is 0 Å². The molecule has 0 saturated carbocycles. The molecule has 6 heteroatoms. The molecule has 0 rings (SSSR count). The summed E-state index contributed by atoms with van der Waals surface area (Å²) in [5.74, 6) is -0.0282. The maximum Gasteiger partial charge on any atom is 0.248 e. The third-order valence-corrected chi connectivity index (χ3v) is 2.77.